The van der Waals surface area contributed by atoms with Crippen molar-refractivity contribution < 1.29 is 9.90 Å². The minimum absolute atomic E-state index is 0.252. The Balaban J connectivity index is 1.83. The quantitative estimate of drug-likeness (QED) is 0.750. The van der Waals surface area contributed by atoms with Crippen molar-refractivity contribution in [2.45, 2.75) is 6.54 Å². The maximum absolute atomic E-state index is 11.4. The molecule has 0 spiro atoms. The van der Waals surface area contributed by atoms with Crippen LogP contribution in [0, 0.1) is 0 Å². The molecule has 0 amide bonds. The number of benzene rings is 1. The van der Waals surface area contributed by atoms with Crippen molar-refractivity contribution in [1.82, 2.24) is 14.8 Å². The zero-order valence-electron chi connectivity index (χ0n) is 11.2. The molecule has 2 N–H and O–H groups in total. The van der Waals surface area contributed by atoms with Gasteiger partial charge in [0.2, 0.25) is 0 Å². The Morgan fingerprint density at radius 1 is 1.29 bits per heavy atom. The van der Waals surface area contributed by atoms with E-state index < -0.39 is 5.97 Å². The van der Waals surface area contributed by atoms with Gasteiger partial charge in [0, 0.05) is 24.3 Å². The van der Waals surface area contributed by atoms with Gasteiger partial charge in [-0.15, -0.1) is 0 Å². The van der Waals surface area contributed by atoms with Crippen molar-refractivity contribution in [1.29, 1.82) is 0 Å². The zero-order chi connectivity index (χ0) is 14.7. The molecule has 0 saturated heterocycles. The fourth-order valence-electron chi connectivity index (χ4n) is 2.17. The van der Waals surface area contributed by atoms with Crippen LogP contribution in [-0.2, 0) is 6.54 Å². The molecule has 6 nitrogen and oxygen atoms in total. The number of nitrogens with one attached hydrogen (secondary N) is 1. The molecule has 0 atom stereocenters. The number of hydrogen-bond acceptors (Lipinski definition) is 4. The Bertz CT molecular complexity index is 768. The van der Waals surface area contributed by atoms with Crippen molar-refractivity contribution in [3.8, 4) is 0 Å². The second-order valence-corrected chi connectivity index (χ2v) is 4.57. The second-order valence-electron chi connectivity index (χ2n) is 4.57. The fourth-order valence-corrected chi connectivity index (χ4v) is 2.17. The number of carbonyl (C=O) groups is 1. The van der Waals surface area contributed by atoms with Crippen LogP contribution in [0.3, 0.4) is 0 Å². The summed E-state index contributed by atoms with van der Waals surface area (Å²) in [5, 5.41) is 17.2. The first-order chi connectivity index (χ1) is 10.2. The number of anilines is 1. The van der Waals surface area contributed by atoms with Crippen LogP contribution in [0.15, 0.2) is 48.8 Å². The predicted octanol–water partition coefficient (Wildman–Crippen LogP) is 2.24. The van der Waals surface area contributed by atoms with Gasteiger partial charge in [-0.1, -0.05) is 18.2 Å². The molecule has 0 radical (unpaired) electrons. The van der Waals surface area contributed by atoms with Crippen LogP contribution in [0.25, 0.3) is 10.9 Å². The van der Waals surface area contributed by atoms with E-state index >= 15 is 0 Å². The van der Waals surface area contributed by atoms with Crippen LogP contribution in [0.4, 0.5) is 5.82 Å². The highest BCUT2D eigenvalue weighted by atomic mass is 16.4. The van der Waals surface area contributed by atoms with Crippen LogP contribution in [-0.4, -0.2) is 32.4 Å². The average molecular weight is 282 g/mol. The number of para-hydroxylation sites is 1. The van der Waals surface area contributed by atoms with Crippen molar-refractivity contribution in [3.05, 3.63) is 54.4 Å². The van der Waals surface area contributed by atoms with Crippen molar-refractivity contribution in [2.75, 3.05) is 11.9 Å². The van der Waals surface area contributed by atoms with Gasteiger partial charge in [-0.05, 0) is 18.2 Å². The van der Waals surface area contributed by atoms with E-state index in [1.807, 2.05) is 18.3 Å². The number of nitrogens with zero attached hydrogens (tertiary/aromatic N) is 3. The zero-order valence-corrected chi connectivity index (χ0v) is 11.2. The Labute approximate surface area is 121 Å². The first kappa shape index (κ1) is 13.1. The summed E-state index contributed by atoms with van der Waals surface area (Å²) < 4.78 is 1.80. The van der Waals surface area contributed by atoms with Gasteiger partial charge in [0.1, 0.15) is 5.82 Å². The molecule has 0 aliphatic heterocycles. The van der Waals surface area contributed by atoms with Crippen molar-refractivity contribution in [2.24, 2.45) is 0 Å². The molecule has 21 heavy (non-hydrogen) atoms. The molecule has 0 unspecified atom stereocenters. The Hall–Kier alpha value is -2.89. The van der Waals surface area contributed by atoms with E-state index in [2.05, 4.69) is 15.4 Å². The highest BCUT2D eigenvalue weighted by Gasteiger charge is 2.11. The number of aromatic carboxylic acids is 1. The third kappa shape index (κ3) is 2.84. The molecule has 2 aromatic heterocycles. The molecule has 3 aromatic rings. The van der Waals surface area contributed by atoms with E-state index in [1.165, 1.54) is 0 Å². The van der Waals surface area contributed by atoms with Gasteiger partial charge in [-0.2, -0.15) is 5.10 Å². The molecule has 0 bridgehead atoms. The van der Waals surface area contributed by atoms with Crippen LogP contribution < -0.4 is 5.32 Å². The maximum atomic E-state index is 11.4. The van der Waals surface area contributed by atoms with Crippen LogP contribution in [0.2, 0.25) is 0 Å². The monoisotopic (exact) mass is 282 g/mol. The number of hydrogen-bond donors (Lipinski definition) is 2. The van der Waals surface area contributed by atoms with E-state index in [1.54, 1.807) is 35.1 Å². The normalized spacial score (nSPS) is 10.7. The van der Waals surface area contributed by atoms with E-state index in [-0.39, 0.29) is 5.56 Å². The number of aromatic nitrogens is 3. The van der Waals surface area contributed by atoms with Gasteiger partial charge in [0.05, 0.1) is 17.6 Å². The molecule has 0 aliphatic carbocycles. The minimum atomic E-state index is -0.955. The summed E-state index contributed by atoms with van der Waals surface area (Å²) in [4.78, 5) is 15.8. The number of carboxylic acids is 1. The third-order valence-corrected chi connectivity index (χ3v) is 3.15. The van der Waals surface area contributed by atoms with Crippen molar-refractivity contribution >= 4 is 22.7 Å². The molecule has 2 heterocycles. The topological polar surface area (TPSA) is 80.0 Å². The highest BCUT2D eigenvalue weighted by molar-refractivity contribution is 6.03. The number of rotatable bonds is 5. The lowest BCUT2D eigenvalue weighted by atomic mass is 10.1. The standard InChI is InChI=1S/C15H14N4O2/c20-15(21)12-10-14(16-7-9-19-8-3-6-17-19)18-13-5-2-1-4-11(12)13/h1-6,8,10H,7,9H2,(H,16,18)(H,20,21). The number of fused-ring (bicyclic) bond motifs is 1. The lowest BCUT2D eigenvalue weighted by Gasteiger charge is -2.09. The van der Waals surface area contributed by atoms with Gasteiger partial charge in [-0.25, -0.2) is 9.78 Å². The first-order valence-electron chi connectivity index (χ1n) is 6.58. The Kier molecular flexibility index (Phi) is 3.51. The number of pyridine rings is 1. The molecular formula is C15H14N4O2. The molecule has 106 valence electrons. The number of carboxylic acid groups (broad SMARTS) is 1. The van der Waals surface area contributed by atoms with Gasteiger partial charge in [0.15, 0.2) is 0 Å². The largest absolute Gasteiger partial charge is 0.478 e. The summed E-state index contributed by atoms with van der Waals surface area (Å²) in [6.45, 7) is 1.30. The van der Waals surface area contributed by atoms with E-state index in [4.69, 9.17) is 0 Å². The Morgan fingerprint density at radius 3 is 2.90 bits per heavy atom. The van der Waals surface area contributed by atoms with Crippen LogP contribution >= 0.6 is 0 Å². The molecule has 0 aliphatic rings. The SMILES string of the molecule is O=C(O)c1cc(NCCn2cccn2)nc2ccccc12. The van der Waals surface area contributed by atoms with E-state index in [0.29, 0.717) is 29.8 Å². The molecule has 1 aromatic carbocycles. The van der Waals surface area contributed by atoms with Crippen LogP contribution in [0.1, 0.15) is 10.4 Å². The van der Waals surface area contributed by atoms with Gasteiger partial charge in [-0.3, -0.25) is 4.68 Å². The van der Waals surface area contributed by atoms with Crippen molar-refractivity contribution in [3.63, 3.8) is 0 Å². The summed E-state index contributed by atoms with van der Waals surface area (Å²) >= 11 is 0. The van der Waals surface area contributed by atoms with Gasteiger partial charge in [0.25, 0.3) is 0 Å². The lowest BCUT2D eigenvalue weighted by Crippen LogP contribution is -2.12. The minimum Gasteiger partial charge on any atom is -0.478 e. The summed E-state index contributed by atoms with van der Waals surface area (Å²) in [6.07, 6.45) is 3.59. The predicted molar refractivity (Wildman–Crippen MR) is 79.4 cm³/mol. The second kappa shape index (κ2) is 5.62. The molecule has 3 rings (SSSR count). The maximum Gasteiger partial charge on any atom is 0.336 e. The van der Waals surface area contributed by atoms with E-state index in [9.17, 15) is 9.90 Å². The fraction of sp³-hybridized carbons (Fsp3) is 0.133. The summed E-state index contributed by atoms with van der Waals surface area (Å²) in [7, 11) is 0. The van der Waals surface area contributed by atoms with E-state index in [0.717, 1.165) is 0 Å². The third-order valence-electron chi connectivity index (χ3n) is 3.15. The summed E-state index contributed by atoms with van der Waals surface area (Å²) in [6, 6.07) is 10.6. The highest BCUT2D eigenvalue weighted by Crippen LogP contribution is 2.20. The molecule has 0 fully saturated rings. The summed E-state index contributed by atoms with van der Waals surface area (Å²) in [5.74, 6) is -0.401. The smallest absolute Gasteiger partial charge is 0.336 e. The van der Waals surface area contributed by atoms with Gasteiger partial charge >= 0.3 is 5.97 Å². The molecule has 6 heteroatoms. The summed E-state index contributed by atoms with van der Waals surface area (Å²) in [5.41, 5.74) is 0.918. The lowest BCUT2D eigenvalue weighted by molar-refractivity contribution is 0.0699. The average Bonchev–Trinajstić information content (AvgIpc) is 2.99. The van der Waals surface area contributed by atoms with Gasteiger partial charge < -0.3 is 10.4 Å². The Morgan fingerprint density at radius 2 is 2.14 bits per heavy atom. The molecule has 0 saturated carbocycles. The molecular weight excluding hydrogens is 268 g/mol. The van der Waals surface area contributed by atoms with Crippen LogP contribution in [0.5, 0.6) is 0 Å². The first-order valence-corrected chi connectivity index (χ1v) is 6.58.